The van der Waals surface area contributed by atoms with E-state index in [-0.39, 0.29) is 10.8 Å². The molecule has 104 valence electrons. The van der Waals surface area contributed by atoms with Crippen molar-refractivity contribution in [3.8, 4) is 0 Å². The molecule has 0 saturated heterocycles. The molecular weight excluding hydrogens is 278 g/mol. The Bertz CT molecular complexity index is 653. The Morgan fingerprint density at radius 1 is 1.15 bits per heavy atom. The first-order valence-electron chi connectivity index (χ1n) is 6.01. The number of anilines is 2. The quantitative estimate of drug-likeness (QED) is 0.487. The minimum atomic E-state index is -0.480. The molecule has 20 heavy (non-hydrogen) atoms. The molecule has 2 aromatic rings. The molecule has 0 aliphatic rings. The van der Waals surface area contributed by atoms with Crippen LogP contribution in [0.15, 0.2) is 30.3 Å². The standard InChI is InChI=1S/C14H14ClN3O2/c1-9-4-10(2)6-11(5-9)17(3)14-8-12(18(19)20)7-13(15)16-14/h4-8H,1-3H3. The van der Waals surface area contributed by atoms with Crippen LogP contribution in [0.25, 0.3) is 0 Å². The Kier molecular flexibility index (Phi) is 3.90. The normalized spacial score (nSPS) is 10.4. The highest BCUT2D eigenvalue weighted by molar-refractivity contribution is 6.29. The summed E-state index contributed by atoms with van der Waals surface area (Å²) >= 11 is 5.85. The summed E-state index contributed by atoms with van der Waals surface area (Å²) in [6, 6.07) is 8.68. The zero-order valence-electron chi connectivity index (χ0n) is 11.4. The van der Waals surface area contributed by atoms with Crippen molar-refractivity contribution in [2.75, 3.05) is 11.9 Å². The van der Waals surface area contributed by atoms with Crippen molar-refractivity contribution in [1.82, 2.24) is 4.98 Å². The minimum absolute atomic E-state index is 0.0729. The summed E-state index contributed by atoms with van der Waals surface area (Å²) in [5.74, 6) is 0.439. The van der Waals surface area contributed by atoms with Crippen molar-refractivity contribution >= 4 is 28.8 Å². The van der Waals surface area contributed by atoms with Gasteiger partial charge in [-0.15, -0.1) is 0 Å². The van der Waals surface area contributed by atoms with Crippen LogP contribution in [0, 0.1) is 24.0 Å². The molecule has 0 saturated carbocycles. The minimum Gasteiger partial charge on any atom is -0.329 e. The molecule has 5 nitrogen and oxygen atoms in total. The average molecular weight is 292 g/mol. The van der Waals surface area contributed by atoms with Gasteiger partial charge in [0.1, 0.15) is 11.0 Å². The Morgan fingerprint density at radius 2 is 1.75 bits per heavy atom. The monoisotopic (exact) mass is 291 g/mol. The Morgan fingerprint density at radius 3 is 2.30 bits per heavy atom. The smallest absolute Gasteiger partial charge is 0.276 e. The van der Waals surface area contributed by atoms with E-state index in [1.807, 2.05) is 26.0 Å². The molecule has 0 N–H and O–H groups in total. The first-order valence-corrected chi connectivity index (χ1v) is 6.38. The van der Waals surface area contributed by atoms with Crippen LogP contribution < -0.4 is 4.90 Å². The molecule has 6 heteroatoms. The fraction of sp³-hybridized carbons (Fsp3) is 0.214. The van der Waals surface area contributed by atoms with Crippen LogP contribution in [-0.2, 0) is 0 Å². The van der Waals surface area contributed by atoms with Crippen LogP contribution in [0.3, 0.4) is 0 Å². The molecule has 0 amide bonds. The maximum Gasteiger partial charge on any atom is 0.276 e. The van der Waals surface area contributed by atoms with Crippen LogP contribution in [0.4, 0.5) is 17.2 Å². The number of pyridine rings is 1. The zero-order chi connectivity index (χ0) is 14.9. The number of hydrogen-bond acceptors (Lipinski definition) is 4. The highest BCUT2D eigenvalue weighted by Gasteiger charge is 2.14. The molecule has 0 aliphatic carbocycles. The largest absolute Gasteiger partial charge is 0.329 e. The third kappa shape index (κ3) is 3.05. The molecule has 0 radical (unpaired) electrons. The third-order valence-electron chi connectivity index (χ3n) is 2.91. The second-order valence-electron chi connectivity index (χ2n) is 4.67. The van der Waals surface area contributed by atoms with Gasteiger partial charge in [-0.05, 0) is 37.1 Å². The number of benzene rings is 1. The third-order valence-corrected chi connectivity index (χ3v) is 3.11. The lowest BCUT2D eigenvalue weighted by atomic mass is 10.1. The molecule has 0 spiro atoms. The summed E-state index contributed by atoms with van der Waals surface area (Å²) in [5.41, 5.74) is 3.06. The number of hydrogen-bond donors (Lipinski definition) is 0. The van der Waals surface area contributed by atoms with Crippen molar-refractivity contribution in [2.45, 2.75) is 13.8 Å². The van der Waals surface area contributed by atoms with Gasteiger partial charge in [0.2, 0.25) is 0 Å². The van der Waals surface area contributed by atoms with Gasteiger partial charge in [0, 0.05) is 12.7 Å². The maximum absolute atomic E-state index is 10.9. The van der Waals surface area contributed by atoms with E-state index in [1.165, 1.54) is 12.1 Å². The topological polar surface area (TPSA) is 59.3 Å². The fourth-order valence-electron chi connectivity index (χ4n) is 2.02. The van der Waals surface area contributed by atoms with Crippen LogP contribution >= 0.6 is 11.6 Å². The maximum atomic E-state index is 10.9. The predicted molar refractivity (Wildman–Crippen MR) is 79.9 cm³/mol. The van der Waals surface area contributed by atoms with Crippen LogP contribution in [-0.4, -0.2) is 17.0 Å². The number of nitro groups is 1. The van der Waals surface area contributed by atoms with Crippen LogP contribution in [0.5, 0.6) is 0 Å². The van der Waals surface area contributed by atoms with E-state index in [0.29, 0.717) is 5.82 Å². The SMILES string of the molecule is Cc1cc(C)cc(N(C)c2cc([N+](=O)[O-])cc(Cl)n2)c1. The number of aryl methyl sites for hydroxylation is 2. The van der Waals surface area contributed by atoms with Crippen molar-refractivity contribution in [1.29, 1.82) is 0 Å². The van der Waals surface area contributed by atoms with Gasteiger partial charge in [-0.2, -0.15) is 0 Å². The van der Waals surface area contributed by atoms with Gasteiger partial charge in [-0.25, -0.2) is 4.98 Å². The Labute approximate surface area is 122 Å². The number of nitrogens with zero attached hydrogens (tertiary/aromatic N) is 3. The molecule has 0 unspecified atom stereocenters. The van der Waals surface area contributed by atoms with Crippen molar-refractivity contribution in [2.24, 2.45) is 0 Å². The molecular formula is C14H14ClN3O2. The van der Waals surface area contributed by atoms with Crippen LogP contribution in [0.2, 0.25) is 5.15 Å². The molecule has 1 aromatic heterocycles. The molecule has 0 bridgehead atoms. The van der Waals surface area contributed by atoms with E-state index >= 15 is 0 Å². The van der Waals surface area contributed by atoms with Gasteiger partial charge in [0.05, 0.1) is 17.1 Å². The summed E-state index contributed by atoms with van der Waals surface area (Å²) in [6.45, 7) is 4.00. The van der Waals surface area contributed by atoms with Gasteiger partial charge in [0.25, 0.3) is 5.69 Å². The lowest BCUT2D eigenvalue weighted by Crippen LogP contribution is -2.12. The van der Waals surface area contributed by atoms with Crippen LogP contribution in [0.1, 0.15) is 11.1 Å². The van der Waals surface area contributed by atoms with Gasteiger partial charge >= 0.3 is 0 Å². The van der Waals surface area contributed by atoms with E-state index in [2.05, 4.69) is 11.1 Å². The number of aromatic nitrogens is 1. The van der Waals surface area contributed by atoms with E-state index in [0.717, 1.165) is 16.8 Å². The first kappa shape index (κ1) is 14.3. The zero-order valence-corrected chi connectivity index (χ0v) is 12.2. The number of rotatable bonds is 3. The highest BCUT2D eigenvalue weighted by atomic mass is 35.5. The Balaban J connectivity index is 2.47. The molecule has 0 aliphatic heterocycles. The molecule has 0 fully saturated rings. The molecule has 1 heterocycles. The lowest BCUT2D eigenvalue weighted by molar-refractivity contribution is -0.384. The second-order valence-corrected chi connectivity index (χ2v) is 5.06. The van der Waals surface area contributed by atoms with Gasteiger partial charge in [-0.1, -0.05) is 17.7 Å². The molecule has 1 aromatic carbocycles. The summed E-state index contributed by atoms with van der Waals surface area (Å²) in [7, 11) is 1.80. The van der Waals surface area contributed by atoms with Gasteiger partial charge < -0.3 is 4.90 Å². The van der Waals surface area contributed by atoms with Crippen molar-refractivity contribution < 1.29 is 4.92 Å². The van der Waals surface area contributed by atoms with Crippen molar-refractivity contribution in [3.63, 3.8) is 0 Å². The highest BCUT2D eigenvalue weighted by Crippen LogP contribution is 2.28. The average Bonchev–Trinajstić information content (AvgIpc) is 2.35. The fourth-order valence-corrected chi connectivity index (χ4v) is 2.22. The first-order chi connectivity index (χ1) is 9.36. The molecule has 2 rings (SSSR count). The summed E-state index contributed by atoms with van der Waals surface area (Å²) in [4.78, 5) is 16.3. The lowest BCUT2D eigenvalue weighted by Gasteiger charge is -2.19. The summed E-state index contributed by atoms with van der Waals surface area (Å²) < 4.78 is 0. The Hall–Kier alpha value is -2.14. The summed E-state index contributed by atoms with van der Waals surface area (Å²) in [6.07, 6.45) is 0. The van der Waals surface area contributed by atoms with E-state index < -0.39 is 4.92 Å². The van der Waals surface area contributed by atoms with E-state index in [9.17, 15) is 10.1 Å². The predicted octanol–water partition coefficient (Wildman–Crippen LogP) is 4.03. The van der Waals surface area contributed by atoms with Gasteiger partial charge in [0.15, 0.2) is 0 Å². The molecule has 0 atom stereocenters. The van der Waals surface area contributed by atoms with E-state index in [1.54, 1.807) is 11.9 Å². The van der Waals surface area contributed by atoms with Gasteiger partial charge in [-0.3, -0.25) is 10.1 Å². The summed E-state index contributed by atoms with van der Waals surface area (Å²) in [5, 5.41) is 11.0. The second kappa shape index (κ2) is 5.46. The number of halogens is 1. The van der Waals surface area contributed by atoms with Crippen molar-refractivity contribution in [3.05, 3.63) is 56.7 Å². The van der Waals surface area contributed by atoms with E-state index in [4.69, 9.17) is 11.6 Å².